The van der Waals surface area contributed by atoms with Gasteiger partial charge in [0.25, 0.3) is 5.91 Å². The van der Waals surface area contributed by atoms with Crippen molar-refractivity contribution >= 4 is 23.2 Å². The van der Waals surface area contributed by atoms with Crippen LogP contribution in [0.2, 0.25) is 5.02 Å². The molecule has 0 fully saturated rings. The van der Waals surface area contributed by atoms with Crippen molar-refractivity contribution in [3.63, 3.8) is 0 Å². The molecule has 4 nitrogen and oxygen atoms in total. The predicted molar refractivity (Wildman–Crippen MR) is 59.9 cm³/mol. The van der Waals surface area contributed by atoms with Gasteiger partial charge in [0.2, 0.25) is 0 Å². The van der Waals surface area contributed by atoms with Gasteiger partial charge in [-0.1, -0.05) is 17.7 Å². The minimum Gasteiger partial charge on any atom is -0.398 e. The van der Waals surface area contributed by atoms with E-state index >= 15 is 0 Å². The van der Waals surface area contributed by atoms with Crippen LogP contribution in [0.4, 0.5) is 5.69 Å². The summed E-state index contributed by atoms with van der Waals surface area (Å²) in [5.74, 6) is -0.249. The van der Waals surface area contributed by atoms with Crippen molar-refractivity contribution in [3.8, 4) is 0 Å². The standard InChI is InChI=1S/C10H13ClN2O2/c1-13(5-6-14)10(15)7-3-2-4-8(12)9(7)11/h2-4,14H,5-6,12H2,1H3. The molecule has 5 heteroatoms. The lowest BCUT2D eigenvalue weighted by atomic mass is 10.2. The Hall–Kier alpha value is -1.26. The number of anilines is 1. The number of likely N-dealkylation sites (N-methyl/N-ethyl adjacent to an activating group) is 1. The van der Waals surface area contributed by atoms with Crippen LogP contribution < -0.4 is 5.73 Å². The Morgan fingerprint density at radius 2 is 2.27 bits per heavy atom. The fraction of sp³-hybridized carbons (Fsp3) is 0.300. The molecule has 0 bridgehead atoms. The maximum atomic E-state index is 11.8. The van der Waals surface area contributed by atoms with Crippen LogP contribution in [0, 0.1) is 0 Å². The largest absolute Gasteiger partial charge is 0.398 e. The van der Waals surface area contributed by atoms with Crippen LogP contribution in [0.3, 0.4) is 0 Å². The lowest BCUT2D eigenvalue weighted by Crippen LogP contribution is -2.29. The number of halogens is 1. The van der Waals surface area contributed by atoms with Crippen molar-refractivity contribution in [1.82, 2.24) is 4.90 Å². The highest BCUT2D eigenvalue weighted by atomic mass is 35.5. The Kier molecular flexibility index (Phi) is 3.94. The molecule has 0 saturated carbocycles. The number of hydrogen-bond acceptors (Lipinski definition) is 3. The van der Waals surface area contributed by atoms with Gasteiger partial charge in [-0.15, -0.1) is 0 Å². The predicted octanol–water partition coefficient (Wildman–Crippen LogP) is 0.986. The maximum absolute atomic E-state index is 11.8. The van der Waals surface area contributed by atoms with Crippen LogP contribution in [0.5, 0.6) is 0 Å². The van der Waals surface area contributed by atoms with Crippen LogP contribution in [0.1, 0.15) is 10.4 Å². The Morgan fingerprint density at radius 3 is 2.87 bits per heavy atom. The second-order valence-electron chi connectivity index (χ2n) is 3.16. The van der Waals surface area contributed by atoms with E-state index in [1.165, 1.54) is 4.90 Å². The number of carbonyl (C=O) groups is 1. The maximum Gasteiger partial charge on any atom is 0.255 e. The topological polar surface area (TPSA) is 66.6 Å². The molecule has 0 aromatic heterocycles. The van der Waals surface area contributed by atoms with Gasteiger partial charge in [-0.3, -0.25) is 4.79 Å². The molecule has 0 spiro atoms. The van der Waals surface area contributed by atoms with Crippen molar-refractivity contribution < 1.29 is 9.90 Å². The number of rotatable bonds is 3. The summed E-state index contributed by atoms with van der Waals surface area (Å²) in [6.45, 7) is 0.187. The summed E-state index contributed by atoms with van der Waals surface area (Å²) in [4.78, 5) is 13.2. The first-order chi connectivity index (χ1) is 7.07. The molecule has 0 unspecified atom stereocenters. The number of benzene rings is 1. The summed E-state index contributed by atoms with van der Waals surface area (Å²) in [5, 5.41) is 8.96. The fourth-order valence-corrected chi connectivity index (χ4v) is 1.38. The Morgan fingerprint density at radius 1 is 1.60 bits per heavy atom. The number of hydrogen-bond donors (Lipinski definition) is 2. The van der Waals surface area contributed by atoms with E-state index in [1.54, 1.807) is 25.2 Å². The van der Waals surface area contributed by atoms with Gasteiger partial charge in [0.05, 0.1) is 22.9 Å². The van der Waals surface area contributed by atoms with E-state index in [2.05, 4.69) is 0 Å². The van der Waals surface area contributed by atoms with Crippen molar-refractivity contribution in [3.05, 3.63) is 28.8 Å². The summed E-state index contributed by atoms with van der Waals surface area (Å²) < 4.78 is 0. The molecule has 0 aliphatic rings. The van der Waals surface area contributed by atoms with Crippen LogP contribution in [0.15, 0.2) is 18.2 Å². The average Bonchev–Trinajstić information content (AvgIpc) is 2.21. The van der Waals surface area contributed by atoms with Gasteiger partial charge in [-0.2, -0.15) is 0 Å². The highest BCUT2D eigenvalue weighted by Crippen LogP contribution is 2.23. The lowest BCUT2D eigenvalue weighted by molar-refractivity contribution is 0.0767. The molecule has 15 heavy (non-hydrogen) atoms. The normalized spacial score (nSPS) is 10.1. The van der Waals surface area contributed by atoms with Crippen molar-refractivity contribution in [2.75, 3.05) is 25.9 Å². The number of carbonyl (C=O) groups excluding carboxylic acids is 1. The van der Waals surface area contributed by atoms with E-state index in [1.807, 2.05) is 0 Å². The molecule has 1 aromatic rings. The van der Waals surface area contributed by atoms with Gasteiger partial charge in [0, 0.05) is 13.6 Å². The molecule has 0 aliphatic heterocycles. The molecule has 0 atom stereocenters. The van der Waals surface area contributed by atoms with Gasteiger partial charge >= 0.3 is 0 Å². The lowest BCUT2D eigenvalue weighted by Gasteiger charge is -2.16. The highest BCUT2D eigenvalue weighted by molar-refractivity contribution is 6.36. The van der Waals surface area contributed by atoms with Crippen molar-refractivity contribution in [2.24, 2.45) is 0 Å². The molecular weight excluding hydrogens is 216 g/mol. The van der Waals surface area contributed by atoms with Crippen LogP contribution in [-0.4, -0.2) is 36.1 Å². The van der Waals surface area contributed by atoms with E-state index in [4.69, 9.17) is 22.4 Å². The van der Waals surface area contributed by atoms with Gasteiger partial charge in [0.1, 0.15) is 0 Å². The second-order valence-corrected chi connectivity index (χ2v) is 3.54. The molecule has 3 N–H and O–H groups in total. The number of nitrogens with zero attached hydrogens (tertiary/aromatic N) is 1. The molecule has 1 amide bonds. The third kappa shape index (κ3) is 2.61. The minimum absolute atomic E-state index is 0.0812. The summed E-state index contributed by atoms with van der Waals surface area (Å²) in [5.41, 5.74) is 6.31. The number of amides is 1. The van der Waals surface area contributed by atoms with Crippen LogP contribution in [0.25, 0.3) is 0 Å². The summed E-state index contributed by atoms with van der Waals surface area (Å²) >= 11 is 5.90. The Labute approximate surface area is 93.2 Å². The highest BCUT2D eigenvalue weighted by Gasteiger charge is 2.15. The summed E-state index contributed by atoms with van der Waals surface area (Å²) in [6.07, 6.45) is 0. The first-order valence-corrected chi connectivity index (χ1v) is 4.86. The quantitative estimate of drug-likeness (QED) is 0.759. The molecule has 0 heterocycles. The van der Waals surface area contributed by atoms with E-state index in [0.29, 0.717) is 11.3 Å². The number of aliphatic hydroxyl groups excluding tert-OH is 1. The molecule has 82 valence electrons. The average molecular weight is 229 g/mol. The van der Waals surface area contributed by atoms with E-state index in [0.717, 1.165) is 0 Å². The zero-order valence-electron chi connectivity index (χ0n) is 8.40. The molecule has 0 saturated heterocycles. The van der Waals surface area contributed by atoms with Gasteiger partial charge in [0.15, 0.2) is 0 Å². The van der Waals surface area contributed by atoms with Gasteiger partial charge < -0.3 is 15.7 Å². The molecule has 1 aromatic carbocycles. The number of nitrogens with two attached hydrogens (primary N) is 1. The molecule has 0 radical (unpaired) electrons. The van der Waals surface area contributed by atoms with Crippen LogP contribution in [-0.2, 0) is 0 Å². The van der Waals surface area contributed by atoms with Gasteiger partial charge in [-0.05, 0) is 12.1 Å². The summed E-state index contributed by atoms with van der Waals surface area (Å²) in [7, 11) is 1.60. The number of nitrogen functional groups attached to an aromatic ring is 1. The van der Waals surface area contributed by atoms with E-state index < -0.39 is 0 Å². The first kappa shape index (κ1) is 11.8. The van der Waals surface area contributed by atoms with Crippen LogP contribution >= 0.6 is 11.6 Å². The molecule has 0 aliphatic carbocycles. The second kappa shape index (κ2) is 5.00. The van der Waals surface area contributed by atoms with Crippen molar-refractivity contribution in [1.29, 1.82) is 0 Å². The van der Waals surface area contributed by atoms with E-state index in [9.17, 15) is 4.79 Å². The third-order valence-corrected chi connectivity index (χ3v) is 2.46. The molecule has 1 rings (SSSR count). The first-order valence-electron chi connectivity index (χ1n) is 4.48. The fourth-order valence-electron chi connectivity index (χ4n) is 1.17. The van der Waals surface area contributed by atoms with Crippen molar-refractivity contribution in [2.45, 2.75) is 0 Å². The molecular formula is C10H13ClN2O2. The van der Waals surface area contributed by atoms with E-state index in [-0.39, 0.29) is 24.1 Å². The number of aliphatic hydroxyl groups is 1. The third-order valence-electron chi connectivity index (χ3n) is 2.04. The smallest absolute Gasteiger partial charge is 0.255 e. The Balaban J connectivity index is 2.96. The van der Waals surface area contributed by atoms with Gasteiger partial charge in [-0.25, -0.2) is 0 Å². The summed E-state index contributed by atoms with van der Waals surface area (Å²) in [6, 6.07) is 4.90. The minimum atomic E-state index is -0.249. The zero-order chi connectivity index (χ0) is 11.4. The zero-order valence-corrected chi connectivity index (χ0v) is 9.16. The SMILES string of the molecule is CN(CCO)C(=O)c1cccc(N)c1Cl. The Bertz CT molecular complexity index is 368. The monoisotopic (exact) mass is 228 g/mol.